The molecule has 2 rings (SSSR count). The summed E-state index contributed by atoms with van der Waals surface area (Å²) >= 11 is 8.10. The van der Waals surface area contributed by atoms with E-state index in [1.54, 1.807) is 0 Å². The predicted molar refractivity (Wildman–Crippen MR) is 80.2 cm³/mol. The number of ether oxygens (including phenoxy) is 1. The van der Waals surface area contributed by atoms with Gasteiger partial charge in [-0.05, 0) is 32.1 Å². The van der Waals surface area contributed by atoms with Crippen molar-refractivity contribution in [3.63, 3.8) is 0 Å². The molecule has 1 heterocycles. The van der Waals surface area contributed by atoms with Crippen LogP contribution in [0.1, 0.15) is 6.42 Å². The Balaban J connectivity index is 1.92. The number of nitrogens with zero attached hydrogens (tertiary/aromatic N) is 1. The van der Waals surface area contributed by atoms with Crippen molar-refractivity contribution >= 4 is 40.2 Å². The lowest BCUT2D eigenvalue weighted by molar-refractivity contribution is 0.249. The molecule has 5 heteroatoms. The van der Waals surface area contributed by atoms with E-state index < -0.39 is 0 Å². The third-order valence-corrected chi connectivity index (χ3v) is 3.80. The zero-order valence-corrected chi connectivity index (χ0v) is 12.7. The quantitative estimate of drug-likeness (QED) is 0.653. The highest BCUT2D eigenvalue weighted by Gasteiger charge is 2.19. The number of hydrogen-bond acceptors (Lipinski definition) is 3. The number of hydrogen-bond donors (Lipinski definition) is 1. The third-order valence-electron chi connectivity index (χ3n) is 2.96. The van der Waals surface area contributed by atoms with Crippen LogP contribution < -0.4 is 8.27 Å². The van der Waals surface area contributed by atoms with Crippen LogP contribution in [0.4, 0.5) is 5.69 Å². The molecule has 0 bridgehead atoms. The molecule has 94 valence electrons. The van der Waals surface area contributed by atoms with Crippen molar-refractivity contribution in [2.75, 3.05) is 30.3 Å². The first kappa shape index (κ1) is 13.2. The second kappa shape index (κ2) is 6.11. The Hall–Kier alpha value is -0.200. The molecule has 0 aliphatic carbocycles. The van der Waals surface area contributed by atoms with Gasteiger partial charge in [0.05, 0.1) is 29.5 Å². The second-order valence-corrected chi connectivity index (χ2v) is 5.47. The van der Waals surface area contributed by atoms with Gasteiger partial charge in [0.25, 0.3) is 0 Å². The largest absolute Gasteiger partial charge is 0.493 e. The number of likely N-dealkylation sites (tertiary alicyclic amines) is 1. The van der Waals surface area contributed by atoms with Crippen LogP contribution in [0.15, 0.2) is 18.2 Å². The van der Waals surface area contributed by atoms with Crippen molar-refractivity contribution in [3.05, 3.63) is 23.2 Å². The topological polar surface area (TPSA) is 24.5 Å². The molecule has 0 saturated carbocycles. The summed E-state index contributed by atoms with van der Waals surface area (Å²) in [5, 5.41) is 0.699. The van der Waals surface area contributed by atoms with Gasteiger partial charge < -0.3 is 13.2 Å². The fourth-order valence-corrected chi connectivity index (χ4v) is 2.61. The molecule has 1 aliphatic rings. The van der Waals surface area contributed by atoms with Gasteiger partial charge in [0, 0.05) is 29.2 Å². The Morgan fingerprint density at radius 3 is 3.00 bits per heavy atom. The highest BCUT2D eigenvalue weighted by atomic mass is 127. The molecule has 1 fully saturated rings. The molecule has 1 N–H and O–H groups in total. The summed E-state index contributed by atoms with van der Waals surface area (Å²) in [6.45, 7) is 3.06. The number of anilines is 1. The Bertz CT molecular complexity index is 389. The summed E-state index contributed by atoms with van der Waals surface area (Å²) in [5.41, 5.74) is 0.969. The van der Waals surface area contributed by atoms with Crippen molar-refractivity contribution in [1.29, 1.82) is 0 Å². The van der Waals surface area contributed by atoms with Crippen LogP contribution in [-0.4, -0.2) is 31.6 Å². The number of rotatable bonds is 4. The van der Waals surface area contributed by atoms with Crippen molar-refractivity contribution in [3.8, 4) is 5.75 Å². The highest BCUT2D eigenvalue weighted by molar-refractivity contribution is 14.1. The maximum Gasteiger partial charge on any atom is 0.122 e. The molecule has 1 unspecified atom stereocenters. The second-order valence-electron chi connectivity index (χ2n) is 4.50. The van der Waals surface area contributed by atoms with Crippen LogP contribution in [0, 0.1) is 5.92 Å². The maximum absolute atomic E-state index is 6.02. The molecule has 17 heavy (non-hydrogen) atoms. The maximum atomic E-state index is 6.02. The summed E-state index contributed by atoms with van der Waals surface area (Å²) in [6, 6.07) is 5.71. The first-order chi connectivity index (χ1) is 8.17. The summed E-state index contributed by atoms with van der Waals surface area (Å²) in [6.07, 6.45) is 1.22. The van der Waals surface area contributed by atoms with E-state index in [1.807, 2.05) is 18.2 Å². The molecule has 1 aromatic carbocycles. The molecule has 1 atom stereocenters. The number of nitrogens with one attached hydrogen (secondary N) is 1. The summed E-state index contributed by atoms with van der Waals surface area (Å²) in [5.74, 6) is 1.47. The number of benzene rings is 1. The Kier molecular flexibility index (Phi) is 4.76. The number of halogens is 2. The minimum Gasteiger partial charge on any atom is -0.493 e. The van der Waals surface area contributed by atoms with Gasteiger partial charge in [-0.25, -0.2) is 0 Å². The minimum absolute atomic E-state index is 0.634. The highest BCUT2D eigenvalue weighted by Crippen LogP contribution is 2.26. The van der Waals surface area contributed by atoms with E-state index >= 15 is 0 Å². The van der Waals surface area contributed by atoms with Crippen molar-refractivity contribution in [1.82, 2.24) is 4.90 Å². The van der Waals surface area contributed by atoms with Gasteiger partial charge >= 0.3 is 0 Å². The fraction of sp³-hybridized carbons (Fsp3) is 0.500. The monoisotopic (exact) mass is 366 g/mol. The average Bonchev–Trinajstić information content (AvgIpc) is 2.72. The lowest BCUT2D eigenvalue weighted by atomic mass is 10.1. The van der Waals surface area contributed by atoms with Crippen LogP contribution in [0.25, 0.3) is 0 Å². The Morgan fingerprint density at radius 2 is 2.35 bits per heavy atom. The van der Waals surface area contributed by atoms with E-state index in [1.165, 1.54) is 13.0 Å². The van der Waals surface area contributed by atoms with Gasteiger partial charge in [-0.2, -0.15) is 0 Å². The zero-order valence-electron chi connectivity index (χ0n) is 9.75. The Labute approximate surface area is 121 Å². The standard InChI is InChI=1S/C12H16ClIN2O/c1-16-3-2-9(7-16)8-17-12-5-10(13)4-11(6-12)15-14/h4-6,9,15H,2-3,7-8H2,1H3. The zero-order chi connectivity index (χ0) is 12.3. The van der Waals surface area contributed by atoms with E-state index in [-0.39, 0.29) is 0 Å². The third kappa shape index (κ3) is 3.89. The van der Waals surface area contributed by atoms with Crippen LogP contribution in [0.5, 0.6) is 5.75 Å². The van der Waals surface area contributed by atoms with Crippen LogP contribution >= 0.6 is 34.5 Å². The van der Waals surface area contributed by atoms with E-state index in [0.717, 1.165) is 24.6 Å². The molecular weight excluding hydrogens is 351 g/mol. The van der Waals surface area contributed by atoms with Crippen LogP contribution in [0.3, 0.4) is 0 Å². The van der Waals surface area contributed by atoms with Gasteiger partial charge in [-0.15, -0.1) is 0 Å². The molecule has 0 radical (unpaired) electrons. The van der Waals surface area contributed by atoms with Crippen LogP contribution in [0.2, 0.25) is 5.02 Å². The summed E-state index contributed by atoms with van der Waals surface area (Å²) < 4.78 is 8.85. The molecule has 1 aromatic rings. The van der Waals surface area contributed by atoms with Gasteiger partial charge in [0.15, 0.2) is 0 Å². The van der Waals surface area contributed by atoms with Crippen LogP contribution in [-0.2, 0) is 0 Å². The smallest absolute Gasteiger partial charge is 0.122 e. The fourth-order valence-electron chi connectivity index (χ4n) is 2.08. The molecule has 1 saturated heterocycles. The normalized spacial score (nSPS) is 20.5. The van der Waals surface area contributed by atoms with E-state index in [4.69, 9.17) is 16.3 Å². The van der Waals surface area contributed by atoms with Crippen molar-refractivity contribution in [2.45, 2.75) is 6.42 Å². The van der Waals surface area contributed by atoms with Gasteiger partial charge in [0.1, 0.15) is 5.75 Å². The Morgan fingerprint density at radius 1 is 1.53 bits per heavy atom. The molecular formula is C12H16ClIN2O. The lowest BCUT2D eigenvalue weighted by Crippen LogP contribution is -2.17. The van der Waals surface area contributed by atoms with E-state index in [2.05, 4.69) is 38.3 Å². The molecule has 0 amide bonds. The first-order valence-corrected chi connectivity index (χ1v) is 7.11. The van der Waals surface area contributed by atoms with Gasteiger partial charge in [-0.3, -0.25) is 0 Å². The van der Waals surface area contributed by atoms with Crippen molar-refractivity contribution < 1.29 is 4.74 Å². The predicted octanol–water partition coefficient (Wildman–Crippen LogP) is 3.43. The first-order valence-electron chi connectivity index (χ1n) is 5.66. The molecule has 0 spiro atoms. The van der Waals surface area contributed by atoms with Gasteiger partial charge in [-0.1, -0.05) is 11.6 Å². The van der Waals surface area contributed by atoms with E-state index in [0.29, 0.717) is 10.9 Å². The van der Waals surface area contributed by atoms with E-state index in [9.17, 15) is 0 Å². The SMILES string of the molecule is CN1CCC(COc2cc(Cl)cc(NI)c2)C1. The van der Waals surface area contributed by atoms with Crippen molar-refractivity contribution in [2.24, 2.45) is 5.92 Å². The average molecular weight is 367 g/mol. The molecule has 0 aromatic heterocycles. The molecule has 1 aliphatic heterocycles. The summed E-state index contributed by atoms with van der Waals surface area (Å²) in [4.78, 5) is 2.34. The van der Waals surface area contributed by atoms with Gasteiger partial charge in [0.2, 0.25) is 0 Å². The summed E-state index contributed by atoms with van der Waals surface area (Å²) in [7, 11) is 2.15. The minimum atomic E-state index is 0.634. The lowest BCUT2D eigenvalue weighted by Gasteiger charge is -2.13. The molecule has 3 nitrogen and oxygen atoms in total.